The number of benzene rings is 1. The van der Waals surface area contributed by atoms with Crippen LogP contribution >= 0.6 is 28.3 Å². The van der Waals surface area contributed by atoms with Crippen molar-refractivity contribution < 1.29 is 9.59 Å². The minimum Gasteiger partial charge on any atom is -0.366 e. The minimum atomic E-state index is -0.499. The Morgan fingerprint density at radius 2 is 1.80 bits per heavy atom. The normalized spacial score (nSPS) is 16.9. The lowest BCUT2D eigenvalue weighted by Gasteiger charge is -2.37. The van der Waals surface area contributed by atoms with Crippen molar-refractivity contribution in [1.29, 1.82) is 0 Å². The number of likely N-dealkylation sites (tertiary alicyclic amines) is 1. The molecule has 0 saturated carbocycles. The van der Waals surface area contributed by atoms with Gasteiger partial charge in [-0.1, -0.05) is 36.7 Å². The van der Waals surface area contributed by atoms with Gasteiger partial charge in [-0.25, -0.2) is 0 Å². The van der Waals surface area contributed by atoms with E-state index in [1.165, 1.54) is 0 Å². The summed E-state index contributed by atoms with van der Waals surface area (Å²) < 4.78 is 0.927. The number of hydrogen-bond acceptors (Lipinski definition) is 3. The molecule has 2 rings (SSSR count). The monoisotopic (exact) mass is 431 g/mol. The molecule has 0 bridgehead atoms. The molecular formula is C18H27BrClN3O2. The molecule has 1 aliphatic heterocycles. The number of amides is 2. The number of halogens is 2. The minimum absolute atomic E-state index is 0. The molecule has 0 spiro atoms. The molecular weight excluding hydrogens is 406 g/mol. The van der Waals surface area contributed by atoms with E-state index in [0.717, 1.165) is 22.9 Å². The Bertz CT molecular complexity index is 638. The summed E-state index contributed by atoms with van der Waals surface area (Å²) in [6, 6.07) is 5.05. The van der Waals surface area contributed by atoms with E-state index in [-0.39, 0.29) is 29.6 Å². The third-order valence-corrected chi connectivity index (χ3v) is 5.22. The third kappa shape index (κ3) is 5.19. The molecule has 0 aliphatic carbocycles. The van der Waals surface area contributed by atoms with Gasteiger partial charge in [-0.05, 0) is 47.9 Å². The van der Waals surface area contributed by atoms with E-state index in [9.17, 15) is 9.59 Å². The lowest BCUT2D eigenvalue weighted by molar-refractivity contribution is -0.136. The smallest absolute Gasteiger partial charge is 0.248 e. The maximum Gasteiger partial charge on any atom is 0.248 e. The predicted molar refractivity (Wildman–Crippen MR) is 106 cm³/mol. The van der Waals surface area contributed by atoms with Gasteiger partial charge in [0.15, 0.2) is 0 Å². The van der Waals surface area contributed by atoms with Crippen LogP contribution in [0.5, 0.6) is 0 Å². The number of rotatable bonds is 3. The topological polar surface area (TPSA) is 89.4 Å². The van der Waals surface area contributed by atoms with E-state index in [0.29, 0.717) is 18.7 Å². The molecule has 7 heteroatoms. The van der Waals surface area contributed by atoms with E-state index in [1.54, 1.807) is 6.07 Å². The van der Waals surface area contributed by atoms with Crippen LogP contribution < -0.4 is 11.5 Å². The van der Waals surface area contributed by atoms with Crippen LogP contribution in [0.15, 0.2) is 22.7 Å². The van der Waals surface area contributed by atoms with Gasteiger partial charge in [-0.15, -0.1) is 12.4 Å². The van der Waals surface area contributed by atoms with Crippen molar-refractivity contribution in [3.8, 4) is 0 Å². The maximum absolute atomic E-state index is 12.5. The van der Waals surface area contributed by atoms with Gasteiger partial charge in [0.05, 0.1) is 6.04 Å². The van der Waals surface area contributed by atoms with Gasteiger partial charge < -0.3 is 16.4 Å². The van der Waals surface area contributed by atoms with E-state index in [1.807, 2.05) is 37.8 Å². The number of piperidine rings is 1. The molecule has 1 aromatic carbocycles. The summed E-state index contributed by atoms with van der Waals surface area (Å²) in [7, 11) is 0. The molecule has 25 heavy (non-hydrogen) atoms. The predicted octanol–water partition coefficient (Wildman–Crippen LogP) is 3.05. The molecule has 1 fully saturated rings. The van der Waals surface area contributed by atoms with Crippen LogP contribution in [0, 0.1) is 5.41 Å². The molecule has 2 amide bonds. The number of nitrogens with two attached hydrogens (primary N) is 2. The van der Waals surface area contributed by atoms with Crippen molar-refractivity contribution >= 4 is 40.2 Å². The van der Waals surface area contributed by atoms with E-state index in [4.69, 9.17) is 11.5 Å². The summed E-state index contributed by atoms with van der Waals surface area (Å²) in [5, 5.41) is 0. The van der Waals surface area contributed by atoms with Gasteiger partial charge in [0.25, 0.3) is 0 Å². The second-order valence-corrected chi connectivity index (χ2v) is 8.45. The first-order valence-electron chi connectivity index (χ1n) is 8.25. The Kier molecular flexibility index (Phi) is 7.47. The van der Waals surface area contributed by atoms with E-state index in [2.05, 4.69) is 15.9 Å². The average molecular weight is 433 g/mol. The second kappa shape index (κ2) is 8.52. The van der Waals surface area contributed by atoms with Gasteiger partial charge >= 0.3 is 0 Å². The molecule has 1 saturated heterocycles. The lowest BCUT2D eigenvalue weighted by atomic mass is 9.84. The molecule has 4 N–H and O–H groups in total. The van der Waals surface area contributed by atoms with Gasteiger partial charge in [-0.3, -0.25) is 9.59 Å². The van der Waals surface area contributed by atoms with Crippen LogP contribution in [-0.2, 0) is 4.79 Å². The second-order valence-electron chi connectivity index (χ2n) is 7.54. The largest absolute Gasteiger partial charge is 0.366 e. The Morgan fingerprint density at radius 3 is 2.28 bits per heavy atom. The molecule has 1 heterocycles. The van der Waals surface area contributed by atoms with Crippen molar-refractivity contribution in [3.05, 3.63) is 33.8 Å². The number of primary amides is 1. The number of hydrogen-bond donors (Lipinski definition) is 2. The van der Waals surface area contributed by atoms with Crippen molar-refractivity contribution in [2.24, 2.45) is 16.9 Å². The number of carbonyl (C=O) groups is 2. The van der Waals surface area contributed by atoms with Gasteiger partial charge in [0.2, 0.25) is 11.8 Å². The van der Waals surface area contributed by atoms with Gasteiger partial charge in [0, 0.05) is 23.1 Å². The Hall–Kier alpha value is -1.11. The highest BCUT2D eigenvalue weighted by molar-refractivity contribution is 9.10. The quantitative estimate of drug-likeness (QED) is 0.769. The van der Waals surface area contributed by atoms with Gasteiger partial charge in [0.1, 0.15) is 0 Å². The zero-order valence-electron chi connectivity index (χ0n) is 14.9. The fourth-order valence-electron chi connectivity index (χ4n) is 3.07. The highest BCUT2D eigenvalue weighted by atomic mass is 79.9. The first-order chi connectivity index (χ1) is 11.1. The van der Waals surface area contributed by atoms with Crippen LogP contribution in [0.3, 0.4) is 0 Å². The summed E-state index contributed by atoms with van der Waals surface area (Å²) in [4.78, 5) is 26.1. The average Bonchev–Trinajstić information content (AvgIpc) is 2.52. The van der Waals surface area contributed by atoms with Crippen LogP contribution in [0.1, 0.15) is 55.5 Å². The molecule has 1 atom stereocenters. The fraction of sp³-hybridized carbons (Fsp3) is 0.556. The highest BCUT2D eigenvalue weighted by Gasteiger charge is 2.33. The fourth-order valence-corrected chi connectivity index (χ4v) is 3.45. The Balaban J connectivity index is 0.00000312. The van der Waals surface area contributed by atoms with Crippen molar-refractivity contribution in [1.82, 2.24) is 4.90 Å². The zero-order valence-corrected chi connectivity index (χ0v) is 17.3. The molecule has 0 radical (unpaired) electrons. The van der Waals surface area contributed by atoms with Crippen molar-refractivity contribution in [2.75, 3.05) is 13.1 Å². The molecule has 5 nitrogen and oxygen atoms in total. The summed E-state index contributed by atoms with van der Waals surface area (Å²) in [5.41, 5.74) is 12.9. The van der Waals surface area contributed by atoms with Crippen LogP contribution in [0.2, 0.25) is 0 Å². The first-order valence-corrected chi connectivity index (χ1v) is 9.04. The third-order valence-electron chi connectivity index (χ3n) is 4.72. The standard InChI is InChI=1S/C18H26BrN3O2.ClH/c1-18(2,3)15(20)17(24)22-8-6-11(7-9-22)14-10-12(19)4-5-13(14)16(21)23;/h4-5,10-11,15H,6-9,20H2,1-3H3,(H2,21,23);1H/t15-;/m1./s1. The summed E-state index contributed by atoms with van der Waals surface area (Å²) in [5.74, 6) is -0.184. The van der Waals surface area contributed by atoms with Crippen molar-refractivity contribution in [2.45, 2.75) is 45.6 Å². The van der Waals surface area contributed by atoms with E-state index < -0.39 is 11.9 Å². The Morgan fingerprint density at radius 1 is 1.24 bits per heavy atom. The Labute approximate surface area is 164 Å². The summed E-state index contributed by atoms with van der Waals surface area (Å²) in [6.45, 7) is 7.23. The van der Waals surface area contributed by atoms with Crippen LogP contribution in [-0.4, -0.2) is 35.8 Å². The van der Waals surface area contributed by atoms with E-state index >= 15 is 0 Å². The maximum atomic E-state index is 12.5. The molecule has 1 aliphatic rings. The van der Waals surface area contributed by atoms with Gasteiger partial charge in [-0.2, -0.15) is 0 Å². The first kappa shape index (κ1) is 21.9. The SMILES string of the molecule is CC(C)(C)[C@H](N)C(=O)N1CCC(c2cc(Br)ccc2C(N)=O)CC1.Cl. The lowest BCUT2D eigenvalue weighted by Crippen LogP contribution is -2.52. The van der Waals surface area contributed by atoms with Crippen LogP contribution in [0.4, 0.5) is 0 Å². The zero-order chi connectivity index (χ0) is 18.1. The highest BCUT2D eigenvalue weighted by Crippen LogP contribution is 2.33. The molecule has 140 valence electrons. The molecule has 1 aromatic rings. The van der Waals surface area contributed by atoms with Crippen LogP contribution in [0.25, 0.3) is 0 Å². The molecule has 0 aromatic heterocycles. The summed E-state index contributed by atoms with van der Waals surface area (Å²) in [6.07, 6.45) is 1.61. The molecule has 0 unspecified atom stereocenters. The number of carbonyl (C=O) groups excluding carboxylic acids is 2. The number of nitrogens with zero attached hydrogens (tertiary/aromatic N) is 1. The summed E-state index contributed by atoms with van der Waals surface area (Å²) >= 11 is 3.45. The van der Waals surface area contributed by atoms with Crippen molar-refractivity contribution in [3.63, 3.8) is 0 Å².